The lowest BCUT2D eigenvalue weighted by Crippen LogP contribution is -2.09. The van der Waals surface area contributed by atoms with Gasteiger partial charge in [-0.15, -0.1) is 0 Å². The first-order valence-electron chi connectivity index (χ1n) is 7.30. The smallest absolute Gasteiger partial charge is 0.0485 e. The fourth-order valence-corrected chi connectivity index (χ4v) is 2.74. The molecule has 0 amide bonds. The van der Waals surface area contributed by atoms with Gasteiger partial charge in [-0.25, -0.2) is 0 Å². The topological polar surface area (TPSA) is 12.0 Å². The van der Waals surface area contributed by atoms with Crippen molar-refractivity contribution in [3.63, 3.8) is 0 Å². The summed E-state index contributed by atoms with van der Waals surface area (Å²) in [6, 6.07) is 11.5. The fraction of sp³-hybridized carbons (Fsp3) is 0.368. The second kappa shape index (κ2) is 5.70. The average Bonchev–Trinajstić information content (AvgIpc) is 2.36. The second-order valence-corrected chi connectivity index (χ2v) is 5.98. The van der Waals surface area contributed by atoms with E-state index in [1.54, 1.807) is 0 Å². The van der Waals surface area contributed by atoms with E-state index in [0.717, 1.165) is 0 Å². The Morgan fingerprint density at radius 1 is 0.750 bits per heavy atom. The van der Waals surface area contributed by atoms with E-state index < -0.39 is 0 Å². The number of hydrogen-bond acceptors (Lipinski definition) is 1. The zero-order valence-electron chi connectivity index (χ0n) is 13.5. The summed E-state index contributed by atoms with van der Waals surface area (Å²) >= 11 is 0. The maximum absolute atomic E-state index is 3.67. The molecular weight excluding hydrogens is 242 g/mol. The zero-order valence-corrected chi connectivity index (χ0v) is 13.5. The van der Waals surface area contributed by atoms with E-state index in [9.17, 15) is 0 Å². The van der Waals surface area contributed by atoms with Crippen molar-refractivity contribution in [2.45, 2.75) is 47.6 Å². The molecule has 106 valence electrons. The molecule has 2 aromatic carbocycles. The first kappa shape index (κ1) is 14.6. The molecule has 2 aromatic rings. The highest BCUT2D eigenvalue weighted by Crippen LogP contribution is 2.27. The van der Waals surface area contributed by atoms with Gasteiger partial charge in [0, 0.05) is 11.7 Å². The molecular formula is C19H25N. The van der Waals surface area contributed by atoms with Gasteiger partial charge >= 0.3 is 0 Å². The van der Waals surface area contributed by atoms with Crippen LogP contribution in [-0.2, 0) is 0 Å². The highest BCUT2D eigenvalue weighted by molar-refractivity contribution is 5.59. The molecule has 0 heterocycles. The Kier molecular flexibility index (Phi) is 4.17. The molecule has 0 saturated heterocycles. The quantitative estimate of drug-likeness (QED) is 0.785. The van der Waals surface area contributed by atoms with Crippen LogP contribution in [0, 0.1) is 34.6 Å². The second-order valence-electron chi connectivity index (χ2n) is 5.98. The van der Waals surface area contributed by atoms with Crippen molar-refractivity contribution in [2.75, 3.05) is 5.32 Å². The third-order valence-corrected chi connectivity index (χ3v) is 4.07. The molecule has 1 unspecified atom stereocenters. The van der Waals surface area contributed by atoms with E-state index in [0.29, 0.717) is 6.04 Å². The van der Waals surface area contributed by atoms with Crippen molar-refractivity contribution in [1.29, 1.82) is 0 Å². The van der Waals surface area contributed by atoms with Crippen LogP contribution in [0.2, 0.25) is 0 Å². The first-order chi connectivity index (χ1) is 9.38. The van der Waals surface area contributed by atoms with Gasteiger partial charge in [0.1, 0.15) is 0 Å². The fourth-order valence-electron chi connectivity index (χ4n) is 2.74. The molecule has 1 heteroatoms. The summed E-state index contributed by atoms with van der Waals surface area (Å²) in [4.78, 5) is 0. The molecule has 2 rings (SSSR count). The monoisotopic (exact) mass is 267 g/mol. The third kappa shape index (κ3) is 3.04. The summed E-state index contributed by atoms with van der Waals surface area (Å²) in [5.74, 6) is 0. The van der Waals surface area contributed by atoms with Crippen molar-refractivity contribution in [3.05, 3.63) is 63.7 Å². The molecule has 1 N–H and O–H groups in total. The summed E-state index contributed by atoms with van der Waals surface area (Å²) in [7, 11) is 0. The van der Waals surface area contributed by atoms with Gasteiger partial charge < -0.3 is 5.32 Å². The van der Waals surface area contributed by atoms with E-state index >= 15 is 0 Å². The molecule has 0 spiro atoms. The summed E-state index contributed by atoms with van der Waals surface area (Å²) in [6.45, 7) is 13.1. The summed E-state index contributed by atoms with van der Waals surface area (Å²) in [5.41, 5.74) is 9.27. The number of nitrogens with one attached hydrogen (secondary N) is 1. The molecule has 0 saturated carbocycles. The van der Waals surface area contributed by atoms with Crippen molar-refractivity contribution < 1.29 is 0 Å². The first-order valence-corrected chi connectivity index (χ1v) is 7.30. The van der Waals surface area contributed by atoms with E-state index in [2.05, 4.69) is 77.2 Å². The average molecular weight is 267 g/mol. The Morgan fingerprint density at radius 3 is 1.90 bits per heavy atom. The van der Waals surface area contributed by atoms with Crippen molar-refractivity contribution in [1.82, 2.24) is 0 Å². The lowest BCUT2D eigenvalue weighted by molar-refractivity contribution is 0.877. The van der Waals surface area contributed by atoms with Gasteiger partial charge in [-0.3, -0.25) is 0 Å². The maximum Gasteiger partial charge on any atom is 0.0485 e. The summed E-state index contributed by atoms with van der Waals surface area (Å²) < 4.78 is 0. The Labute approximate surface area is 123 Å². The minimum atomic E-state index is 0.314. The standard InChI is InChI=1S/C19H25N/c1-12-9-15(4)19(16(5)10-12)20-17(6)18-8-7-13(2)14(3)11-18/h7-11,17,20H,1-6H3. The molecule has 1 nitrogen and oxygen atoms in total. The van der Waals surface area contributed by atoms with E-state index in [-0.39, 0.29) is 0 Å². The van der Waals surface area contributed by atoms with Crippen molar-refractivity contribution in [3.8, 4) is 0 Å². The van der Waals surface area contributed by atoms with E-state index in [1.165, 1.54) is 39.1 Å². The third-order valence-electron chi connectivity index (χ3n) is 4.07. The van der Waals surface area contributed by atoms with Gasteiger partial charge in [0.2, 0.25) is 0 Å². The highest BCUT2D eigenvalue weighted by Gasteiger charge is 2.10. The minimum Gasteiger partial charge on any atom is -0.378 e. The Hall–Kier alpha value is -1.76. The molecule has 20 heavy (non-hydrogen) atoms. The molecule has 0 radical (unpaired) electrons. The van der Waals surface area contributed by atoms with Gasteiger partial charge in [-0.05, 0) is 69.4 Å². The molecule has 0 aliphatic carbocycles. The summed E-state index contributed by atoms with van der Waals surface area (Å²) in [5, 5.41) is 3.67. The molecule has 0 bridgehead atoms. The number of anilines is 1. The van der Waals surface area contributed by atoms with Crippen LogP contribution < -0.4 is 5.32 Å². The van der Waals surface area contributed by atoms with Crippen LogP contribution in [-0.4, -0.2) is 0 Å². The lowest BCUT2D eigenvalue weighted by atomic mass is 10.00. The summed E-state index contributed by atoms with van der Waals surface area (Å²) in [6.07, 6.45) is 0. The van der Waals surface area contributed by atoms with Crippen LogP contribution in [0.5, 0.6) is 0 Å². The van der Waals surface area contributed by atoms with Crippen LogP contribution in [0.25, 0.3) is 0 Å². The predicted molar refractivity (Wildman–Crippen MR) is 88.6 cm³/mol. The minimum absolute atomic E-state index is 0.314. The number of aryl methyl sites for hydroxylation is 5. The lowest BCUT2D eigenvalue weighted by Gasteiger charge is -2.20. The van der Waals surface area contributed by atoms with Crippen LogP contribution in [0.1, 0.15) is 46.3 Å². The Balaban J connectivity index is 2.27. The number of benzene rings is 2. The Morgan fingerprint density at radius 2 is 1.35 bits per heavy atom. The number of rotatable bonds is 3. The molecule has 0 aromatic heterocycles. The van der Waals surface area contributed by atoms with Crippen LogP contribution in [0.4, 0.5) is 5.69 Å². The largest absolute Gasteiger partial charge is 0.378 e. The molecule has 1 atom stereocenters. The Bertz CT molecular complexity index is 603. The van der Waals surface area contributed by atoms with Crippen LogP contribution in [0.15, 0.2) is 30.3 Å². The SMILES string of the molecule is Cc1cc(C)c(NC(C)c2ccc(C)c(C)c2)c(C)c1. The highest BCUT2D eigenvalue weighted by atomic mass is 14.9. The van der Waals surface area contributed by atoms with Crippen LogP contribution >= 0.6 is 0 Å². The predicted octanol–water partition coefficient (Wildman–Crippen LogP) is 5.40. The van der Waals surface area contributed by atoms with Gasteiger partial charge in [-0.1, -0.05) is 35.9 Å². The van der Waals surface area contributed by atoms with E-state index in [1.807, 2.05) is 0 Å². The molecule has 0 aliphatic heterocycles. The molecule has 0 fully saturated rings. The van der Waals surface area contributed by atoms with Gasteiger partial charge in [-0.2, -0.15) is 0 Å². The van der Waals surface area contributed by atoms with Crippen LogP contribution in [0.3, 0.4) is 0 Å². The molecule has 0 aliphatic rings. The van der Waals surface area contributed by atoms with Gasteiger partial charge in [0.15, 0.2) is 0 Å². The van der Waals surface area contributed by atoms with Gasteiger partial charge in [0.05, 0.1) is 0 Å². The van der Waals surface area contributed by atoms with E-state index in [4.69, 9.17) is 0 Å². The maximum atomic E-state index is 3.67. The van der Waals surface area contributed by atoms with Gasteiger partial charge in [0.25, 0.3) is 0 Å². The van der Waals surface area contributed by atoms with Crippen molar-refractivity contribution >= 4 is 5.69 Å². The number of hydrogen-bond donors (Lipinski definition) is 1. The normalized spacial score (nSPS) is 12.3. The zero-order chi connectivity index (χ0) is 14.9. The van der Waals surface area contributed by atoms with Crippen molar-refractivity contribution in [2.24, 2.45) is 0 Å².